The molecule has 4 heteroatoms. The third kappa shape index (κ3) is 0.338. The molecule has 0 amide bonds. The summed E-state index contributed by atoms with van der Waals surface area (Å²) in [7, 11) is 0. The minimum absolute atomic E-state index is 0.225. The van der Waals surface area contributed by atoms with Gasteiger partial charge in [0.15, 0.2) is 11.2 Å². The highest BCUT2D eigenvalue weighted by Crippen LogP contribution is 2.44. The molecule has 0 atom stereocenters. The summed E-state index contributed by atoms with van der Waals surface area (Å²) in [5, 5.41) is 1.35. The fraction of sp³-hybridized carbons (Fsp3) is 0. The molecule has 0 unspecified atom stereocenters. The Bertz CT molecular complexity index is 720. The minimum Gasteiger partial charge on any atom is -0.444 e. The number of rotatable bonds is 0. The highest BCUT2D eigenvalue weighted by molar-refractivity contribution is 6.24. The van der Waals surface area contributed by atoms with Gasteiger partial charge in [-0.3, -0.25) is 4.79 Å². The lowest BCUT2D eigenvalue weighted by atomic mass is 10.2. The molecular formula is C8HNO3. The maximum Gasteiger partial charge on any atom is 0.281 e. The highest BCUT2D eigenvalue weighted by atomic mass is 16.4. The van der Waals surface area contributed by atoms with Gasteiger partial charge >= 0.3 is 0 Å². The number of benzene rings is 1. The van der Waals surface area contributed by atoms with Gasteiger partial charge in [0.25, 0.3) is 5.56 Å². The second-order valence-corrected chi connectivity index (χ2v) is 2.87. The van der Waals surface area contributed by atoms with Crippen molar-refractivity contribution in [2.24, 2.45) is 0 Å². The van der Waals surface area contributed by atoms with Crippen molar-refractivity contribution in [3.05, 3.63) is 16.6 Å². The fourth-order valence-electron chi connectivity index (χ4n) is 1.55. The standard InChI is InChI=1S/C8HNO3/c10-8-3-2(1-9-8)4-6(11-4)7-5(3)12-7/h1H. The van der Waals surface area contributed by atoms with Crippen LogP contribution in [0.3, 0.4) is 0 Å². The van der Waals surface area contributed by atoms with Gasteiger partial charge in [-0.25, -0.2) is 4.98 Å². The average Bonchev–Trinajstić information content (AvgIpc) is 2.92. The predicted octanol–water partition coefficient (Wildman–Crippen LogP) is 1.40. The highest BCUT2D eigenvalue weighted by Gasteiger charge is 2.28. The van der Waals surface area contributed by atoms with Crippen molar-refractivity contribution in [1.82, 2.24) is 4.98 Å². The first kappa shape index (κ1) is 4.92. The van der Waals surface area contributed by atoms with Crippen LogP contribution in [0.1, 0.15) is 0 Å². The largest absolute Gasteiger partial charge is 0.444 e. The van der Waals surface area contributed by atoms with Gasteiger partial charge in [0, 0.05) is 6.20 Å². The number of hydrogen-bond acceptors (Lipinski definition) is 4. The molecule has 4 rings (SSSR count). The zero-order chi connectivity index (χ0) is 7.87. The van der Waals surface area contributed by atoms with E-state index in [1.54, 1.807) is 0 Å². The van der Waals surface area contributed by atoms with Crippen molar-refractivity contribution < 1.29 is 8.83 Å². The SMILES string of the molecule is O=c1ncc2c3oc3c3oc3c12. The van der Waals surface area contributed by atoms with Gasteiger partial charge in [-0.15, -0.1) is 0 Å². The van der Waals surface area contributed by atoms with Crippen LogP contribution in [-0.4, -0.2) is 4.98 Å². The maximum atomic E-state index is 11.2. The van der Waals surface area contributed by atoms with Crippen LogP contribution < -0.4 is 5.56 Å². The van der Waals surface area contributed by atoms with Gasteiger partial charge in [0.1, 0.15) is 5.39 Å². The summed E-state index contributed by atoms with van der Waals surface area (Å²) in [4.78, 5) is 14.8. The van der Waals surface area contributed by atoms with Crippen LogP contribution >= 0.6 is 0 Å². The van der Waals surface area contributed by atoms with E-state index in [2.05, 4.69) is 4.98 Å². The van der Waals surface area contributed by atoms with Crippen LogP contribution in [0.2, 0.25) is 0 Å². The molecule has 4 aromatic rings. The third-order valence-electron chi connectivity index (χ3n) is 2.21. The summed E-state index contributed by atoms with van der Waals surface area (Å²) >= 11 is 0. The molecule has 3 aromatic heterocycles. The molecule has 0 fully saturated rings. The van der Waals surface area contributed by atoms with E-state index in [1.807, 2.05) is 0 Å². The zero-order valence-corrected chi connectivity index (χ0v) is 5.75. The van der Waals surface area contributed by atoms with E-state index in [0.29, 0.717) is 11.0 Å². The predicted molar refractivity (Wildman–Crippen MR) is 41.1 cm³/mol. The smallest absolute Gasteiger partial charge is 0.281 e. The molecular weight excluding hydrogens is 158 g/mol. The molecule has 0 saturated heterocycles. The molecule has 0 aliphatic rings. The molecule has 0 bridgehead atoms. The Hall–Kier alpha value is -1.84. The summed E-state index contributed by atoms with van der Waals surface area (Å²) in [6.07, 6.45) is 1.53. The van der Waals surface area contributed by atoms with Gasteiger partial charge in [-0.05, 0) is 0 Å². The van der Waals surface area contributed by atoms with Crippen molar-refractivity contribution in [2.75, 3.05) is 0 Å². The quantitative estimate of drug-likeness (QED) is 0.389. The number of nitrogens with zero attached hydrogens (tertiary/aromatic N) is 1. The lowest BCUT2D eigenvalue weighted by Gasteiger charge is -1.69. The van der Waals surface area contributed by atoms with E-state index in [4.69, 9.17) is 8.83 Å². The Labute approximate surface area is 64.4 Å². The van der Waals surface area contributed by atoms with Gasteiger partial charge in [-0.2, -0.15) is 0 Å². The Kier molecular flexibility index (Phi) is 0.466. The van der Waals surface area contributed by atoms with E-state index in [9.17, 15) is 4.79 Å². The Morgan fingerprint density at radius 2 is 1.83 bits per heavy atom. The van der Waals surface area contributed by atoms with Crippen LogP contribution in [-0.2, 0) is 0 Å². The first-order valence-corrected chi connectivity index (χ1v) is 3.54. The minimum atomic E-state index is -0.225. The molecule has 1 aromatic carbocycles. The fourth-order valence-corrected chi connectivity index (χ4v) is 1.55. The first-order valence-electron chi connectivity index (χ1n) is 3.54. The molecule has 0 N–H and O–H groups in total. The second-order valence-electron chi connectivity index (χ2n) is 2.87. The van der Waals surface area contributed by atoms with Gasteiger partial charge < -0.3 is 8.83 Å². The van der Waals surface area contributed by atoms with Crippen LogP contribution in [0.25, 0.3) is 33.1 Å². The summed E-state index contributed by atoms with van der Waals surface area (Å²) in [5.74, 6) is 0. The van der Waals surface area contributed by atoms with E-state index >= 15 is 0 Å². The molecule has 12 heavy (non-hydrogen) atoms. The second kappa shape index (κ2) is 1.14. The molecule has 0 radical (unpaired) electrons. The Morgan fingerprint density at radius 1 is 1.08 bits per heavy atom. The maximum absolute atomic E-state index is 11.2. The first-order chi connectivity index (χ1) is 5.86. The molecule has 0 aliphatic heterocycles. The van der Waals surface area contributed by atoms with E-state index in [0.717, 1.165) is 22.1 Å². The average molecular weight is 159 g/mol. The van der Waals surface area contributed by atoms with Crippen LogP contribution in [0, 0.1) is 0 Å². The summed E-state index contributed by atoms with van der Waals surface area (Å²) < 4.78 is 10.3. The molecule has 0 saturated carbocycles. The van der Waals surface area contributed by atoms with Crippen molar-refractivity contribution in [3.8, 4) is 0 Å². The van der Waals surface area contributed by atoms with Crippen molar-refractivity contribution in [3.63, 3.8) is 0 Å². The normalized spacial score (nSPS) is 13.3. The zero-order valence-electron chi connectivity index (χ0n) is 5.75. The summed E-state index contributed by atoms with van der Waals surface area (Å²) in [6, 6.07) is 0. The van der Waals surface area contributed by atoms with Crippen LogP contribution in [0.4, 0.5) is 0 Å². The van der Waals surface area contributed by atoms with E-state index in [1.165, 1.54) is 6.20 Å². The molecule has 56 valence electrons. The Morgan fingerprint density at radius 3 is 2.75 bits per heavy atom. The van der Waals surface area contributed by atoms with Gasteiger partial charge in [-0.1, -0.05) is 0 Å². The van der Waals surface area contributed by atoms with Crippen LogP contribution in [0.15, 0.2) is 19.8 Å². The third-order valence-corrected chi connectivity index (χ3v) is 2.21. The van der Waals surface area contributed by atoms with Gasteiger partial charge in [0.05, 0.1) is 5.39 Å². The topological polar surface area (TPSA) is 56.2 Å². The van der Waals surface area contributed by atoms with Crippen molar-refractivity contribution in [2.45, 2.75) is 0 Å². The van der Waals surface area contributed by atoms with Crippen molar-refractivity contribution >= 4 is 33.1 Å². The van der Waals surface area contributed by atoms with Crippen molar-refractivity contribution in [1.29, 1.82) is 0 Å². The lowest BCUT2D eigenvalue weighted by molar-refractivity contribution is 0.734. The molecule has 0 spiro atoms. The molecule has 3 heterocycles. The van der Waals surface area contributed by atoms with E-state index in [-0.39, 0.29) is 5.56 Å². The summed E-state index contributed by atoms with van der Waals surface area (Å²) in [5.41, 5.74) is 2.70. The van der Waals surface area contributed by atoms with E-state index < -0.39 is 0 Å². The number of hydrogen-bond donors (Lipinski definition) is 0. The van der Waals surface area contributed by atoms with Gasteiger partial charge in [0.2, 0.25) is 11.2 Å². The number of fused-ring (bicyclic) bond motifs is 6. The molecule has 0 aliphatic carbocycles. The molecule has 4 nitrogen and oxygen atoms in total. The number of aromatic nitrogens is 1. The lowest BCUT2D eigenvalue weighted by Crippen LogP contribution is -1.95. The summed E-state index contributed by atoms with van der Waals surface area (Å²) in [6.45, 7) is 0. The Balaban J connectivity index is 2.62. The monoisotopic (exact) mass is 159 g/mol. The van der Waals surface area contributed by atoms with Crippen LogP contribution in [0.5, 0.6) is 0 Å².